The molecule has 0 aliphatic carbocycles. The van der Waals surface area contributed by atoms with Crippen LogP contribution in [-0.4, -0.2) is 22.4 Å². The molecule has 0 spiro atoms. The fraction of sp³-hybridized carbons (Fsp3) is 0.375. The fourth-order valence-corrected chi connectivity index (χ4v) is 2.71. The number of imidazole rings is 1. The molecule has 1 aliphatic heterocycles. The van der Waals surface area contributed by atoms with E-state index in [1.807, 2.05) is 4.57 Å². The van der Waals surface area contributed by atoms with Crippen LogP contribution in [0.25, 0.3) is 11.3 Å². The number of carbonyl (C=O) groups is 1. The van der Waals surface area contributed by atoms with E-state index in [1.165, 1.54) is 5.56 Å². The Morgan fingerprint density at radius 3 is 2.85 bits per heavy atom. The first-order valence-corrected chi connectivity index (χ1v) is 7.22. The van der Waals surface area contributed by atoms with E-state index in [9.17, 15) is 4.79 Å². The minimum Gasteiger partial charge on any atom is -0.356 e. The molecule has 1 N–H and O–H groups in total. The van der Waals surface area contributed by atoms with E-state index >= 15 is 0 Å². The van der Waals surface area contributed by atoms with Gasteiger partial charge in [-0.2, -0.15) is 0 Å². The molecule has 2 heterocycles. The Kier molecular flexibility index (Phi) is 3.54. The molecule has 1 aliphatic rings. The van der Waals surface area contributed by atoms with Crippen LogP contribution >= 0.6 is 0 Å². The van der Waals surface area contributed by atoms with E-state index in [-0.39, 0.29) is 0 Å². The van der Waals surface area contributed by atoms with Crippen molar-refractivity contribution < 1.29 is 4.79 Å². The summed E-state index contributed by atoms with van der Waals surface area (Å²) in [4.78, 5) is 16.0. The average Bonchev–Trinajstić information content (AvgIpc) is 2.87. The standard InChI is InChI=1S/C16H19N3O/c1-2-4-12-5-7-13(8-6-12)15-14(11-20)19-10-3-9-17-16(19)18-15/h5-8,11H,2-4,9-10H2,1H3,(H,17,18). The summed E-state index contributed by atoms with van der Waals surface area (Å²) >= 11 is 0. The molecule has 4 nitrogen and oxygen atoms in total. The first-order chi connectivity index (χ1) is 9.83. The van der Waals surface area contributed by atoms with Gasteiger partial charge >= 0.3 is 0 Å². The van der Waals surface area contributed by atoms with Crippen LogP contribution < -0.4 is 5.32 Å². The van der Waals surface area contributed by atoms with Crippen LogP contribution in [0.2, 0.25) is 0 Å². The maximum atomic E-state index is 11.4. The van der Waals surface area contributed by atoms with Gasteiger partial charge in [-0.25, -0.2) is 4.98 Å². The second-order valence-corrected chi connectivity index (χ2v) is 5.17. The van der Waals surface area contributed by atoms with Gasteiger partial charge in [0.1, 0.15) is 11.4 Å². The number of rotatable bonds is 4. The highest BCUT2D eigenvalue weighted by molar-refractivity contribution is 5.85. The normalized spacial score (nSPS) is 13.7. The number of benzene rings is 1. The third-order valence-electron chi connectivity index (χ3n) is 3.73. The van der Waals surface area contributed by atoms with Crippen molar-refractivity contribution >= 4 is 12.2 Å². The van der Waals surface area contributed by atoms with Crippen LogP contribution in [-0.2, 0) is 13.0 Å². The zero-order chi connectivity index (χ0) is 13.9. The highest BCUT2D eigenvalue weighted by atomic mass is 16.1. The molecular formula is C16H19N3O. The molecule has 1 aromatic carbocycles. The summed E-state index contributed by atoms with van der Waals surface area (Å²) in [5.41, 5.74) is 3.80. The van der Waals surface area contributed by atoms with Gasteiger partial charge in [-0.1, -0.05) is 37.6 Å². The SMILES string of the molecule is CCCc1ccc(-c2nc3n(c2C=O)CCCN3)cc1. The van der Waals surface area contributed by atoms with Crippen LogP contribution in [0, 0.1) is 0 Å². The van der Waals surface area contributed by atoms with Gasteiger partial charge in [-0.15, -0.1) is 0 Å². The van der Waals surface area contributed by atoms with Gasteiger partial charge in [0, 0.05) is 18.7 Å². The largest absolute Gasteiger partial charge is 0.356 e. The van der Waals surface area contributed by atoms with Gasteiger partial charge in [0.25, 0.3) is 0 Å². The van der Waals surface area contributed by atoms with Gasteiger partial charge in [0.05, 0.1) is 0 Å². The van der Waals surface area contributed by atoms with Gasteiger partial charge in [-0.3, -0.25) is 4.79 Å². The van der Waals surface area contributed by atoms with Crippen molar-refractivity contribution in [3.8, 4) is 11.3 Å². The second kappa shape index (κ2) is 5.49. The van der Waals surface area contributed by atoms with E-state index in [4.69, 9.17) is 0 Å². The number of aromatic nitrogens is 2. The van der Waals surface area contributed by atoms with Crippen molar-refractivity contribution in [2.45, 2.75) is 32.7 Å². The quantitative estimate of drug-likeness (QED) is 0.867. The number of hydrogen-bond donors (Lipinski definition) is 1. The van der Waals surface area contributed by atoms with E-state index in [2.05, 4.69) is 41.5 Å². The van der Waals surface area contributed by atoms with E-state index in [1.54, 1.807) is 0 Å². The Labute approximate surface area is 118 Å². The van der Waals surface area contributed by atoms with Crippen molar-refractivity contribution in [2.24, 2.45) is 0 Å². The maximum Gasteiger partial charge on any atom is 0.203 e. The summed E-state index contributed by atoms with van der Waals surface area (Å²) in [7, 11) is 0. The molecule has 4 heteroatoms. The number of aryl methyl sites for hydroxylation is 1. The van der Waals surface area contributed by atoms with E-state index < -0.39 is 0 Å². The van der Waals surface area contributed by atoms with Crippen LogP contribution in [0.3, 0.4) is 0 Å². The Balaban J connectivity index is 2.00. The lowest BCUT2D eigenvalue weighted by Crippen LogP contribution is -2.18. The molecule has 0 fully saturated rings. The molecule has 2 aromatic rings. The predicted octanol–water partition coefficient (Wildman–Crippen LogP) is 3.13. The van der Waals surface area contributed by atoms with Crippen LogP contribution in [0.4, 0.5) is 5.95 Å². The lowest BCUT2D eigenvalue weighted by Gasteiger charge is -2.15. The predicted molar refractivity (Wildman–Crippen MR) is 80.2 cm³/mol. The number of aldehydes is 1. The summed E-state index contributed by atoms with van der Waals surface area (Å²) in [6.45, 7) is 3.95. The Morgan fingerprint density at radius 2 is 2.15 bits per heavy atom. The Morgan fingerprint density at radius 1 is 1.35 bits per heavy atom. The first-order valence-electron chi connectivity index (χ1n) is 7.22. The third-order valence-corrected chi connectivity index (χ3v) is 3.73. The minimum absolute atomic E-state index is 0.676. The number of fused-ring (bicyclic) bond motifs is 1. The molecule has 1 aromatic heterocycles. The molecular weight excluding hydrogens is 250 g/mol. The highest BCUT2D eigenvalue weighted by Gasteiger charge is 2.19. The van der Waals surface area contributed by atoms with Gasteiger partial charge < -0.3 is 9.88 Å². The lowest BCUT2D eigenvalue weighted by atomic mass is 10.1. The van der Waals surface area contributed by atoms with Gasteiger partial charge in [0.2, 0.25) is 5.95 Å². The summed E-state index contributed by atoms with van der Waals surface area (Å²) in [5.74, 6) is 0.811. The first kappa shape index (κ1) is 12.9. The zero-order valence-corrected chi connectivity index (χ0v) is 11.7. The van der Waals surface area contributed by atoms with Gasteiger partial charge in [-0.05, 0) is 18.4 Å². The molecule has 0 amide bonds. The Hall–Kier alpha value is -2.10. The molecule has 0 atom stereocenters. The molecule has 20 heavy (non-hydrogen) atoms. The third kappa shape index (κ3) is 2.22. The number of nitrogens with one attached hydrogen (secondary N) is 1. The number of hydrogen-bond acceptors (Lipinski definition) is 3. The molecule has 104 valence electrons. The minimum atomic E-state index is 0.676. The molecule has 0 bridgehead atoms. The Bertz CT molecular complexity index is 613. The zero-order valence-electron chi connectivity index (χ0n) is 11.7. The van der Waals surface area contributed by atoms with Crippen LogP contribution in [0.15, 0.2) is 24.3 Å². The van der Waals surface area contributed by atoms with E-state index in [0.717, 1.165) is 55.8 Å². The fourth-order valence-electron chi connectivity index (χ4n) is 2.71. The number of nitrogens with zero attached hydrogens (tertiary/aromatic N) is 2. The van der Waals surface area contributed by atoms with E-state index in [0.29, 0.717) is 5.69 Å². The smallest absolute Gasteiger partial charge is 0.203 e. The van der Waals surface area contributed by atoms with Crippen molar-refractivity contribution in [3.05, 3.63) is 35.5 Å². The van der Waals surface area contributed by atoms with Crippen LogP contribution in [0.1, 0.15) is 35.8 Å². The molecule has 0 unspecified atom stereocenters. The molecule has 3 rings (SSSR count). The van der Waals surface area contributed by atoms with Crippen LogP contribution in [0.5, 0.6) is 0 Å². The lowest BCUT2D eigenvalue weighted by molar-refractivity contribution is 0.111. The van der Waals surface area contributed by atoms with Gasteiger partial charge in [0.15, 0.2) is 6.29 Å². The number of anilines is 1. The topological polar surface area (TPSA) is 46.9 Å². The molecule has 0 saturated carbocycles. The maximum absolute atomic E-state index is 11.4. The van der Waals surface area contributed by atoms with Crippen molar-refractivity contribution in [1.29, 1.82) is 0 Å². The van der Waals surface area contributed by atoms with Crippen molar-refractivity contribution in [1.82, 2.24) is 9.55 Å². The highest BCUT2D eigenvalue weighted by Crippen LogP contribution is 2.27. The van der Waals surface area contributed by atoms with Crippen molar-refractivity contribution in [2.75, 3.05) is 11.9 Å². The molecule has 0 saturated heterocycles. The molecule has 0 radical (unpaired) electrons. The average molecular weight is 269 g/mol. The summed E-state index contributed by atoms with van der Waals surface area (Å²) in [5, 5.41) is 3.25. The van der Waals surface area contributed by atoms with Crippen molar-refractivity contribution in [3.63, 3.8) is 0 Å². The number of carbonyl (C=O) groups excluding carboxylic acids is 1. The second-order valence-electron chi connectivity index (χ2n) is 5.17. The monoisotopic (exact) mass is 269 g/mol. The summed E-state index contributed by atoms with van der Waals surface area (Å²) in [6, 6.07) is 8.37. The summed E-state index contributed by atoms with van der Waals surface area (Å²) in [6.07, 6.45) is 4.17. The summed E-state index contributed by atoms with van der Waals surface area (Å²) < 4.78 is 1.98.